The zero-order valence-corrected chi connectivity index (χ0v) is 13.1. The predicted octanol–water partition coefficient (Wildman–Crippen LogP) is 2.69. The van der Waals surface area contributed by atoms with E-state index in [0.717, 1.165) is 5.75 Å². The number of aryl methyl sites for hydroxylation is 1. The molecular formula is C17H19NO5. The van der Waals surface area contributed by atoms with Crippen LogP contribution in [0.2, 0.25) is 0 Å². The minimum absolute atomic E-state index is 0.0291. The van der Waals surface area contributed by atoms with Crippen LogP contribution in [0.1, 0.15) is 33.6 Å². The second-order valence-electron chi connectivity index (χ2n) is 4.99. The fraction of sp³-hybridized carbons (Fsp3) is 0.294. The fourth-order valence-corrected chi connectivity index (χ4v) is 2.08. The van der Waals surface area contributed by atoms with Gasteiger partial charge in [-0.2, -0.15) is 0 Å². The van der Waals surface area contributed by atoms with Crippen LogP contribution in [0.15, 0.2) is 40.8 Å². The number of hydrogen-bond acceptors (Lipinski definition) is 4. The van der Waals surface area contributed by atoms with Gasteiger partial charge in [0.25, 0.3) is 5.91 Å². The zero-order chi connectivity index (χ0) is 16.8. The molecule has 0 aliphatic carbocycles. The van der Waals surface area contributed by atoms with E-state index in [4.69, 9.17) is 14.3 Å². The number of carbonyl (C=O) groups excluding carboxylic acids is 1. The molecule has 0 saturated heterocycles. The van der Waals surface area contributed by atoms with Gasteiger partial charge in [0, 0.05) is 19.5 Å². The van der Waals surface area contributed by atoms with Gasteiger partial charge in [-0.15, -0.1) is 0 Å². The Labute approximate surface area is 134 Å². The Balaban J connectivity index is 1.95. The van der Waals surface area contributed by atoms with Crippen LogP contribution in [0, 0.1) is 0 Å². The third kappa shape index (κ3) is 4.12. The maximum Gasteiger partial charge on any atom is 0.339 e. The number of likely N-dealkylation sites (N-methyl/N-ethyl adjacent to an activating group) is 1. The molecule has 2 aromatic rings. The highest BCUT2D eigenvalue weighted by Crippen LogP contribution is 2.18. The molecular weight excluding hydrogens is 298 g/mol. The van der Waals surface area contributed by atoms with Crippen molar-refractivity contribution in [1.82, 2.24) is 4.90 Å². The Hall–Kier alpha value is -2.76. The molecule has 1 heterocycles. The van der Waals surface area contributed by atoms with Gasteiger partial charge in [-0.1, -0.05) is 25.1 Å². The van der Waals surface area contributed by atoms with Crippen LogP contribution in [-0.4, -0.2) is 42.1 Å². The van der Waals surface area contributed by atoms with Gasteiger partial charge in [-0.25, -0.2) is 4.79 Å². The number of rotatable bonds is 7. The predicted molar refractivity (Wildman–Crippen MR) is 83.9 cm³/mol. The molecule has 0 aliphatic rings. The van der Waals surface area contributed by atoms with Crippen LogP contribution >= 0.6 is 0 Å². The average molecular weight is 317 g/mol. The molecule has 1 N–H and O–H groups in total. The molecule has 23 heavy (non-hydrogen) atoms. The van der Waals surface area contributed by atoms with Gasteiger partial charge >= 0.3 is 5.97 Å². The average Bonchev–Trinajstić information content (AvgIpc) is 2.99. The van der Waals surface area contributed by atoms with Gasteiger partial charge in [0.1, 0.15) is 23.7 Å². The van der Waals surface area contributed by atoms with E-state index in [-0.39, 0.29) is 17.2 Å². The van der Waals surface area contributed by atoms with E-state index in [9.17, 15) is 9.59 Å². The first-order valence-electron chi connectivity index (χ1n) is 7.32. The maximum absolute atomic E-state index is 12.3. The highest BCUT2D eigenvalue weighted by Gasteiger charge is 2.22. The van der Waals surface area contributed by atoms with E-state index in [1.807, 2.05) is 30.3 Å². The van der Waals surface area contributed by atoms with Crippen molar-refractivity contribution in [2.45, 2.75) is 13.3 Å². The molecule has 6 nitrogen and oxygen atoms in total. The van der Waals surface area contributed by atoms with E-state index in [1.165, 1.54) is 11.0 Å². The number of amides is 1. The molecule has 1 aromatic heterocycles. The molecule has 122 valence electrons. The number of hydrogen-bond donors (Lipinski definition) is 1. The molecule has 0 unspecified atom stereocenters. The topological polar surface area (TPSA) is 80.0 Å². The summed E-state index contributed by atoms with van der Waals surface area (Å²) < 4.78 is 10.9. The van der Waals surface area contributed by atoms with E-state index >= 15 is 0 Å². The lowest BCUT2D eigenvalue weighted by molar-refractivity contribution is 0.0692. The summed E-state index contributed by atoms with van der Waals surface area (Å²) in [6, 6.07) is 10.6. The molecule has 2 rings (SSSR count). The second-order valence-corrected chi connectivity index (χ2v) is 4.99. The second kappa shape index (κ2) is 7.49. The molecule has 0 bridgehead atoms. The zero-order valence-electron chi connectivity index (χ0n) is 13.1. The number of carbonyl (C=O) groups is 2. The van der Waals surface area contributed by atoms with Crippen LogP contribution in [0.3, 0.4) is 0 Å². The lowest BCUT2D eigenvalue weighted by Gasteiger charge is -2.16. The Kier molecular flexibility index (Phi) is 5.41. The van der Waals surface area contributed by atoms with Gasteiger partial charge < -0.3 is 19.2 Å². The third-order valence-electron chi connectivity index (χ3n) is 3.36. The van der Waals surface area contributed by atoms with Crippen LogP contribution in [-0.2, 0) is 6.42 Å². The molecule has 0 saturated carbocycles. The summed E-state index contributed by atoms with van der Waals surface area (Å²) in [4.78, 5) is 24.8. The minimum Gasteiger partial charge on any atom is -0.492 e. The van der Waals surface area contributed by atoms with E-state index in [1.54, 1.807) is 14.0 Å². The van der Waals surface area contributed by atoms with Gasteiger partial charge in [0.2, 0.25) is 0 Å². The monoisotopic (exact) mass is 317 g/mol. The summed E-state index contributed by atoms with van der Waals surface area (Å²) >= 11 is 0. The molecule has 0 atom stereocenters. The van der Waals surface area contributed by atoms with Crippen molar-refractivity contribution in [2.24, 2.45) is 0 Å². The summed E-state index contributed by atoms with van der Waals surface area (Å²) in [6.45, 7) is 2.47. The standard InChI is InChI=1S/C17H19NO5/c1-3-14-13(17(20)21)11-15(23-14)16(19)18(2)9-10-22-12-7-5-4-6-8-12/h4-8,11H,3,9-10H2,1-2H3,(H,20,21). The van der Waals surface area contributed by atoms with Gasteiger partial charge in [0.15, 0.2) is 5.76 Å². The van der Waals surface area contributed by atoms with Gasteiger partial charge in [0.05, 0.1) is 6.54 Å². The highest BCUT2D eigenvalue weighted by atomic mass is 16.5. The molecule has 0 fully saturated rings. The Morgan fingerprint density at radius 3 is 2.52 bits per heavy atom. The van der Waals surface area contributed by atoms with Crippen LogP contribution < -0.4 is 4.74 Å². The number of carboxylic acids is 1. The Morgan fingerprint density at radius 2 is 1.96 bits per heavy atom. The highest BCUT2D eigenvalue weighted by molar-refractivity contribution is 5.96. The lowest BCUT2D eigenvalue weighted by atomic mass is 10.2. The number of ether oxygens (including phenoxy) is 1. The van der Waals surface area contributed by atoms with Crippen molar-refractivity contribution in [3.63, 3.8) is 0 Å². The molecule has 0 radical (unpaired) electrons. The van der Waals surface area contributed by atoms with Crippen LogP contribution in [0.25, 0.3) is 0 Å². The third-order valence-corrected chi connectivity index (χ3v) is 3.36. The number of nitrogens with zero attached hydrogens (tertiary/aromatic N) is 1. The van der Waals surface area contributed by atoms with Crippen LogP contribution in [0.4, 0.5) is 0 Å². The first-order valence-corrected chi connectivity index (χ1v) is 7.32. The first kappa shape index (κ1) is 16.6. The summed E-state index contributed by atoms with van der Waals surface area (Å²) in [7, 11) is 1.62. The molecule has 0 aliphatic heterocycles. The van der Waals surface area contributed by atoms with E-state index in [0.29, 0.717) is 25.3 Å². The quantitative estimate of drug-likeness (QED) is 0.849. The maximum atomic E-state index is 12.3. The van der Waals surface area contributed by atoms with E-state index < -0.39 is 5.97 Å². The van der Waals surface area contributed by atoms with Crippen molar-refractivity contribution in [3.8, 4) is 5.75 Å². The van der Waals surface area contributed by atoms with Crippen molar-refractivity contribution in [1.29, 1.82) is 0 Å². The Bertz CT molecular complexity index is 678. The summed E-state index contributed by atoms with van der Waals surface area (Å²) in [5, 5.41) is 9.09. The summed E-state index contributed by atoms with van der Waals surface area (Å²) in [6.07, 6.45) is 0.412. The number of para-hydroxylation sites is 1. The van der Waals surface area contributed by atoms with Crippen molar-refractivity contribution >= 4 is 11.9 Å². The normalized spacial score (nSPS) is 10.3. The summed E-state index contributed by atoms with van der Waals surface area (Å²) in [5.74, 6) is -0.410. The number of carboxylic acid groups (broad SMARTS) is 1. The fourth-order valence-electron chi connectivity index (χ4n) is 2.08. The Morgan fingerprint density at radius 1 is 1.26 bits per heavy atom. The minimum atomic E-state index is -1.10. The molecule has 0 spiro atoms. The molecule has 1 aromatic carbocycles. The van der Waals surface area contributed by atoms with Crippen LogP contribution in [0.5, 0.6) is 5.75 Å². The van der Waals surface area contributed by atoms with Gasteiger partial charge in [-0.05, 0) is 12.1 Å². The van der Waals surface area contributed by atoms with E-state index in [2.05, 4.69) is 0 Å². The smallest absolute Gasteiger partial charge is 0.339 e. The van der Waals surface area contributed by atoms with Gasteiger partial charge in [-0.3, -0.25) is 4.79 Å². The lowest BCUT2D eigenvalue weighted by Crippen LogP contribution is -2.30. The largest absolute Gasteiger partial charge is 0.492 e. The van der Waals surface area contributed by atoms with Crippen molar-refractivity contribution in [2.75, 3.05) is 20.2 Å². The summed E-state index contributed by atoms with van der Waals surface area (Å²) in [5.41, 5.74) is 0.0322. The molecule has 6 heteroatoms. The molecule has 1 amide bonds. The number of aromatic carboxylic acids is 1. The van der Waals surface area contributed by atoms with Crippen molar-refractivity contribution < 1.29 is 23.8 Å². The first-order chi connectivity index (χ1) is 11.0. The van der Waals surface area contributed by atoms with Crippen molar-refractivity contribution in [3.05, 3.63) is 53.5 Å². The number of benzene rings is 1. The number of furan rings is 1. The SMILES string of the molecule is CCc1oc(C(=O)N(C)CCOc2ccccc2)cc1C(=O)O.